The third-order valence-electron chi connectivity index (χ3n) is 5.75. The van der Waals surface area contributed by atoms with E-state index in [0.717, 1.165) is 22.4 Å². The Labute approximate surface area is 184 Å². The molecule has 2 atom stereocenters. The van der Waals surface area contributed by atoms with Crippen molar-refractivity contribution in [2.45, 2.75) is 38.0 Å². The highest BCUT2D eigenvalue weighted by atomic mass is 79.9. The summed E-state index contributed by atoms with van der Waals surface area (Å²) in [6, 6.07) is 20.2. The molecule has 0 fully saturated rings. The van der Waals surface area contributed by atoms with Crippen molar-refractivity contribution >= 4 is 15.9 Å². The van der Waals surface area contributed by atoms with Gasteiger partial charge in [0.05, 0.1) is 25.5 Å². The molecule has 0 bridgehead atoms. The van der Waals surface area contributed by atoms with Gasteiger partial charge in [-0.1, -0.05) is 83.5 Å². The molecule has 5 nitrogen and oxygen atoms in total. The molecule has 1 aliphatic heterocycles. The number of nitrogens with zero attached hydrogens (tertiary/aromatic N) is 2. The predicted octanol–water partition coefficient (Wildman–Crippen LogP) is 4.61. The number of halogens is 1. The van der Waals surface area contributed by atoms with E-state index in [1.807, 2.05) is 36.4 Å². The van der Waals surface area contributed by atoms with Crippen LogP contribution in [0.25, 0.3) is 0 Å². The summed E-state index contributed by atoms with van der Waals surface area (Å²) < 4.78 is 14.1. The lowest BCUT2D eigenvalue weighted by Crippen LogP contribution is -2.34. The first-order valence-electron chi connectivity index (χ1n) is 10.1. The van der Waals surface area contributed by atoms with Gasteiger partial charge in [0.15, 0.2) is 0 Å². The van der Waals surface area contributed by atoms with Crippen LogP contribution in [0.5, 0.6) is 5.88 Å². The van der Waals surface area contributed by atoms with E-state index in [1.165, 1.54) is 0 Å². The van der Waals surface area contributed by atoms with E-state index in [1.54, 1.807) is 11.7 Å². The number of alkyl halides is 1. The smallest absolute Gasteiger partial charge is 0.351 e. The molecule has 1 aliphatic rings. The first kappa shape index (κ1) is 20.8. The molecule has 6 heteroatoms. The molecule has 1 aromatic heterocycles. The van der Waals surface area contributed by atoms with Crippen molar-refractivity contribution in [1.29, 1.82) is 0 Å². The van der Waals surface area contributed by atoms with Gasteiger partial charge in [-0.3, -0.25) is 4.57 Å². The number of ether oxygens (including phenoxy) is 2. The average Bonchev–Trinajstić information content (AvgIpc) is 3.15. The molecule has 2 heterocycles. The fraction of sp³-hybridized carbons (Fsp3) is 0.333. The van der Waals surface area contributed by atoms with Crippen molar-refractivity contribution < 1.29 is 9.47 Å². The van der Waals surface area contributed by atoms with E-state index in [4.69, 9.17) is 9.47 Å². The molecule has 1 unspecified atom stereocenters. The maximum Gasteiger partial charge on any atom is 0.351 e. The van der Waals surface area contributed by atoms with Crippen molar-refractivity contribution in [1.82, 2.24) is 9.55 Å². The van der Waals surface area contributed by atoms with Gasteiger partial charge < -0.3 is 9.47 Å². The second-order valence-electron chi connectivity index (χ2n) is 7.43. The fourth-order valence-corrected chi connectivity index (χ4v) is 4.93. The number of hydrogen-bond donors (Lipinski definition) is 0. The minimum Gasteiger partial charge on any atom is -0.481 e. The Balaban J connectivity index is 1.96. The third-order valence-corrected chi connectivity index (χ3v) is 6.50. The SMILES string of the molecule is CCc1c(OC)nc(=O)n2c1[C@@](OCc1ccccc1)(c1ccccc1)CC2CBr. The van der Waals surface area contributed by atoms with Crippen molar-refractivity contribution in [3.05, 3.63) is 93.5 Å². The molecule has 4 rings (SSSR count). The molecular formula is C24H25BrN2O3. The highest BCUT2D eigenvalue weighted by Gasteiger charge is 2.49. The van der Waals surface area contributed by atoms with Crippen LogP contribution in [0.3, 0.4) is 0 Å². The molecule has 3 aromatic rings. The molecule has 30 heavy (non-hydrogen) atoms. The van der Waals surface area contributed by atoms with Gasteiger partial charge in [0.1, 0.15) is 5.60 Å². The second kappa shape index (κ2) is 8.74. The molecule has 0 saturated heterocycles. The summed E-state index contributed by atoms with van der Waals surface area (Å²) in [4.78, 5) is 17.2. The summed E-state index contributed by atoms with van der Waals surface area (Å²) in [5.74, 6) is 0.382. The zero-order valence-electron chi connectivity index (χ0n) is 17.2. The maximum atomic E-state index is 13.0. The largest absolute Gasteiger partial charge is 0.481 e. The lowest BCUT2D eigenvalue weighted by Gasteiger charge is -2.32. The van der Waals surface area contributed by atoms with Crippen LogP contribution in [-0.2, 0) is 23.4 Å². The fourth-order valence-electron chi connectivity index (χ4n) is 4.41. The third kappa shape index (κ3) is 3.48. The van der Waals surface area contributed by atoms with Crippen LogP contribution >= 0.6 is 15.9 Å². The Bertz CT molecular complexity index is 1070. The van der Waals surface area contributed by atoms with Crippen LogP contribution < -0.4 is 10.4 Å². The summed E-state index contributed by atoms with van der Waals surface area (Å²) in [7, 11) is 1.56. The van der Waals surface area contributed by atoms with E-state index in [0.29, 0.717) is 30.7 Å². The molecule has 0 radical (unpaired) electrons. The van der Waals surface area contributed by atoms with Crippen LogP contribution in [0.4, 0.5) is 0 Å². The maximum absolute atomic E-state index is 13.0. The summed E-state index contributed by atoms with van der Waals surface area (Å²) >= 11 is 3.61. The zero-order valence-corrected chi connectivity index (χ0v) is 18.8. The summed E-state index contributed by atoms with van der Waals surface area (Å²) in [5.41, 5.74) is 2.81. The topological polar surface area (TPSA) is 53.3 Å². The highest BCUT2D eigenvalue weighted by Crippen LogP contribution is 2.49. The van der Waals surface area contributed by atoms with Crippen molar-refractivity contribution in [2.24, 2.45) is 0 Å². The van der Waals surface area contributed by atoms with Crippen molar-refractivity contribution in [2.75, 3.05) is 12.4 Å². The molecule has 0 aliphatic carbocycles. The Morgan fingerprint density at radius 2 is 1.80 bits per heavy atom. The molecule has 156 valence electrons. The van der Waals surface area contributed by atoms with E-state index < -0.39 is 5.60 Å². The normalized spacial score (nSPS) is 20.2. The summed E-state index contributed by atoms with van der Waals surface area (Å²) in [6.07, 6.45) is 1.33. The molecule has 0 saturated carbocycles. The molecule has 0 N–H and O–H groups in total. The van der Waals surface area contributed by atoms with Crippen molar-refractivity contribution in [3.8, 4) is 5.88 Å². The van der Waals surface area contributed by atoms with Crippen LogP contribution in [0.2, 0.25) is 0 Å². The predicted molar refractivity (Wildman–Crippen MR) is 120 cm³/mol. The van der Waals surface area contributed by atoms with Gasteiger partial charge in [0.25, 0.3) is 0 Å². The van der Waals surface area contributed by atoms with Gasteiger partial charge in [-0.2, -0.15) is 4.98 Å². The molecule has 0 spiro atoms. The minimum atomic E-state index is -0.768. The number of benzene rings is 2. The van der Waals surface area contributed by atoms with Gasteiger partial charge in [0, 0.05) is 17.3 Å². The Kier molecular flexibility index (Phi) is 6.06. The van der Waals surface area contributed by atoms with Gasteiger partial charge in [-0.05, 0) is 17.5 Å². The van der Waals surface area contributed by atoms with Gasteiger partial charge in [0.2, 0.25) is 5.88 Å². The molecular weight excluding hydrogens is 444 g/mol. The zero-order chi connectivity index (χ0) is 21.1. The van der Waals surface area contributed by atoms with Crippen LogP contribution in [0.15, 0.2) is 65.5 Å². The van der Waals surface area contributed by atoms with E-state index >= 15 is 0 Å². The molecule has 0 amide bonds. The monoisotopic (exact) mass is 468 g/mol. The number of rotatable bonds is 7. The summed E-state index contributed by atoms with van der Waals surface area (Å²) in [5, 5.41) is 0.639. The minimum absolute atomic E-state index is 0.0628. The Morgan fingerprint density at radius 3 is 2.40 bits per heavy atom. The van der Waals surface area contributed by atoms with E-state index in [2.05, 4.69) is 52.1 Å². The quantitative estimate of drug-likeness (QED) is 0.474. The highest BCUT2D eigenvalue weighted by molar-refractivity contribution is 9.09. The number of methoxy groups -OCH3 is 1. The van der Waals surface area contributed by atoms with Gasteiger partial charge >= 0.3 is 5.69 Å². The van der Waals surface area contributed by atoms with Gasteiger partial charge in [-0.25, -0.2) is 4.79 Å². The average molecular weight is 469 g/mol. The second-order valence-corrected chi connectivity index (χ2v) is 8.08. The lowest BCUT2D eigenvalue weighted by molar-refractivity contribution is -0.0322. The summed E-state index contributed by atoms with van der Waals surface area (Å²) in [6.45, 7) is 2.49. The standard InChI is InChI=1S/C24H25BrN2O3/c1-3-20-21-24(18-12-8-5-9-13-18,30-16-17-10-6-4-7-11-17)14-19(15-25)27(21)23(28)26-22(20)29-2/h4-13,19H,3,14-16H2,1-2H3/t19?,24-/m0/s1. The molecule has 2 aromatic carbocycles. The number of fused-ring (bicyclic) bond motifs is 1. The Hall–Kier alpha value is -2.44. The van der Waals surface area contributed by atoms with E-state index in [-0.39, 0.29) is 11.7 Å². The van der Waals surface area contributed by atoms with Crippen LogP contribution in [0.1, 0.15) is 41.8 Å². The number of aromatic nitrogens is 2. The first-order valence-corrected chi connectivity index (χ1v) is 11.3. The van der Waals surface area contributed by atoms with Crippen LogP contribution in [0, 0.1) is 0 Å². The number of hydrogen-bond acceptors (Lipinski definition) is 4. The van der Waals surface area contributed by atoms with Crippen LogP contribution in [-0.4, -0.2) is 22.0 Å². The van der Waals surface area contributed by atoms with Gasteiger partial charge in [-0.15, -0.1) is 0 Å². The van der Waals surface area contributed by atoms with E-state index in [9.17, 15) is 4.79 Å². The lowest BCUT2D eigenvalue weighted by atomic mass is 9.85. The van der Waals surface area contributed by atoms with Crippen molar-refractivity contribution in [3.63, 3.8) is 0 Å². The Morgan fingerprint density at radius 1 is 1.13 bits per heavy atom. The first-order chi connectivity index (χ1) is 14.6.